The summed E-state index contributed by atoms with van der Waals surface area (Å²) >= 11 is 0. The third-order valence-corrected chi connectivity index (χ3v) is 5.16. The molecule has 5 nitrogen and oxygen atoms in total. The molecule has 0 aliphatic rings. The van der Waals surface area contributed by atoms with Crippen LogP contribution in [0.1, 0.15) is 35.3 Å². The standard InChI is InChI=1S/C25H28N2O2.ClH.H2O/c1-3-27(4-2)22-17-13-20(14-18-22)10-9-19-11-15-21(16-12-19)26-24-8-6-5-7-23(24)25(28)29;;/h5-8,11-18,26H,3-4,9-10H2,1-2H3,(H,28,29);1H;1H2. The van der Waals surface area contributed by atoms with Gasteiger partial charge >= 0.3 is 5.97 Å². The first-order chi connectivity index (χ1) is 14.1. The largest absolute Gasteiger partial charge is 0.478 e. The molecule has 0 atom stereocenters. The average Bonchev–Trinajstić information content (AvgIpc) is 2.75. The molecule has 0 aliphatic heterocycles. The zero-order valence-electron chi connectivity index (χ0n) is 18.0. The predicted molar refractivity (Wildman–Crippen MR) is 131 cm³/mol. The normalized spacial score (nSPS) is 9.87. The molecule has 31 heavy (non-hydrogen) atoms. The number of aromatic carboxylic acids is 1. The minimum Gasteiger partial charge on any atom is -0.478 e. The summed E-state index contributed by atoms with van der Waals surface area (Å²) in [5, 5.41) is 12.5. The first-order valence-corrected chi connectivity index (χ1v) is 10.1. The molecule has 0 unspecified atom stereocenters. The maximum Gasteiger partial charge on any atom is 0.337 e. The van der Waals surface area contributed by atoms with Crippen molar-refractivity contribution in [1.29, 1.82) is 0 Å². The van der Waals surface area contributed by atoms with E-state index in [1.54, 1.807) is 18.2 Å². The van der Waals surface area contributed by atoms with Crippen LogP contribution in [0.15, 0.2) is 72.8 Å². The van der Waals surface area contributed by atoms with Crippen LogP contribution in [0.2, 0.25) is 0 Å². The number of nitrogens with one attached hydrogen (secondary N) is 1. The maximum absolute atomic E-state index is 11.3. The zero-order valence-corrected chi connectivity index (χ0v) is 18.8. The summed E-state index contributed by atoms with van der Waals surface area (Å²) < 4.78 is 0. The molecule has 3 aromatic rings. The van der Waals surface area contributed by atoms with Crippen molar-refractivity contribution in [1.82, 2.24) is 0 Å². The monoisotopic (exact) mass is 442 g/mol. The lowest BCUT2D eigenvalue weighted by molar-refractivity contribution is 0.0698. The highest BCUT2D eigenvalue weighted by Gasteiger charge is 2.09. The van der Waals surface area contributed by atoms with Crippen LogP contribution in [-0.4, -0.2) is 29.6 Å². The lowest BCUT2D eigenvalue weighted by Gasteiger charge is -2.21. The van der Waals surface area contributed by atoms with Crippen molar-refractivity contribution in [2.24, 2.45) is 0 Å². The van der Waals surface area contributed by atoms with Crippen molar-refractivity contribution in [3.8, 4) is 0 Å². The Hall–Kier alpha value is -3.02. The molecule has 0 heterocycles. The fourth-order valence-electron chi connectivity index (χ4n) is 3.44. The van der Waals surface area contributed by atoms with Gasteiger partial charge in [0.1, 0.15) is 0 Å². The van der Waals surface area contributed by atoms with Gasteiger partial charge in [0.05, 0.1) is 11.3 Å². The predicted octanol–water partition coefficient (Wildman–Crippen LogP) is 5.36. The minimum absolute atomic E-state index is 0. The van der Waals surface area contributed by atoms with E-state index in [0.29, 0.717) is 5.69 Å². The Kier molecular flexibility index (Phi) is 10.6. The number of rotatable bonds is 9. The SMILES string of the molecule is CCN(CC)c1ccc(CCc2ccc(Nc3ccccc3C(=O)O)cc2)cc1.Cl.O. The van der Waals surface area contributed by atoms with E-state index in [1.807, 2.05) is 18.2 Å². The van der Waals surface area contributed by atoms with Gasteiger partial charge in [0.25, 0.3) is 0 Å². The van der Waals surface area contributed by atoms with Gasteiger partial charge < -0.3 is 20.8 Å². The third kappa shape index (κ3) is 7.02. The van der Waals surface area contributed by atoms with Crippen molar-refractivity contribution in [3.05, 3.63) is 89.5 Å². The lowest BCUT2D eigenvalue weighted by Crippen LogP contribution is -2.21. The number of carboxylic acids is 1. The van der Waals surface area contributed by atoms with E-state index in [1.165, 1.54) is 16.8 Å². The first kappa shape index (κ1) is 26.0. The molecule has 0 saturated carbocycles. The van der Waals surface area contributed by atoms with Gasteiger partial charge in [0.15, 0.2) is 0 Å². The Morgan fingerprint density at radius 2 is 1.35 bits per heavy atom. The van der Waals surface area contributed by atoms with Gasteiger partial charge in [-0.2, -0.15) is 0 Å². The van der Waals surface area contributed by atoms with Crippen LogP contribution in [-0.2, 0) is 12.8 Å². The van der Waals surface area contributed by atoms with Crippen LogP contribution in [0.3, 0.4) is 0 Å². The topological polar surface area (TPSA) is 84.1 Å². The Labute approximate surface area is 190 Å². The van der Waals surface area contributed by atoms with Crippen molar-refractivity contribution in [2.75, 3.05) is 23.3 Å². The molecule has 0 saturated heterocycles. The van der Waals surface area contributed by atoms with Crippen LogP contribution in [0.25, 0.3) is 0 Å². The second kappa shape index (κ2) is 12.6. The van der Waals surface area contributed by atoms with E-state index in [0.717, 1.165) is 31.6 Å². The van der Waals surface area contributed by atoms with E-state index in [2.05, 4.69) is 60.5 Å². The summed E-state index contributed by atoms with van der Waals surface area (Å²) in [6.07, 6.45) is 1.96. The fourth-order valence-corrected chi connectivity index (χ4v) is 3.44. The van der Waals surface area contributed by atoms with Crippen LogP contribution in [0.4, 0.5) is 17.1 Å². The molecular weight excluding hydrogens is 412 g/mol. The number of para-hydroxylation sites is 1. The lowest BCUT2D eigenvalue weighted by atomic mass is 10.0. The Bertz CT molecular complexity index is 940. The molecule has 166 valence electrons. The number of anilines is 3. The van der Waals surface area contributed by atoms with Crippen LogP contribution in [0, 0.1) is 0 Å². The second-order valence-electron chi connectivity index (χ2n) is 7.01. The zero-order chi connectivity index (χ0) is 20.6. The molecule has 0 amide bonds. The highest BCUT2D eigenvalue weighted by molar-refractivity contribution is 5.95. The highest BCUT2D eigenvalue weighted by Crippen LogP contribution is 2.22. The fraction of sp³-hybridized carbons (Fsp3) is 0.240. The summed E-state index contributed by atoms with van der Waals surface area (Å²) in [6.45, 7) is 6.40. The molecule has 6 heteroatoms. The molecule has 0 radical (unpaired) electrons. The smallest absolute Gasteiger partial charge is 0.337 e. The number of benzene rings is 3. The highest BCUT2D eigenvalue weighted by atomic mass is 35.5. The summed E-state index contributed by atoms with van der Waals surface area (Å²) in [6, 6.07) is 24.0. The van der Waals surface area contributed by atoms with Gasteiger partial charge in [-0.05, 0) is 74.2 Å². The van der Waals surface area contributed by atoms with Crippen molar-refractivity contribution >= 4 is 35.4 Å². The Balaban J connectivity index is 0.00000240. The number of carboxylic acid groups (broad SMARTS) is 1. The molecule has 4 N–H and O–H groups in total. The number of aryl methyl sites for hydroxylation is 2. The summed E-state index contributed by atoms with van der Waals surface area (Å²) in [4.78, 5) is 13.7. The average molecular weight is 443 g/mol. The second-order valence-corrected chi connectivity index (χ2v) is 7.01. The van der Waals surface area contributed by atoms with Crippen LogP contribution < -0.4 is 10.2 Å². The number of carbonyl (C=O) groups is 1. The van der Waals surface area contributed by atoms with E-state index >= 15 is 0 Å². The Morgan fingerprint density at radius 3 is 1.87 bits per heavy atom. The molecule has 0 spiro atoms. The first-order valence-electron chi connectivity index (χ1n) is 10.1. The molecule has 3 aromatic carbocycles. The van der Waals surface area contributed by atoms with E-state index < -0.39 is 5.97 Å². The molecular formula is C25H31ClN2O3. The molecule has 3 rings (SSSR count). The van der Waals surface area contributed by atoms with Crippen LogP contribution in [0.5, 0.6) is 0 Å². The summed E-state index contributed by atoms with van der Waals surface area (Å²) in [5.41, 5.74) is 5.61. The van der Waals surface area contributed by atoms with Crippen molar-refractivity contribution < 1.29 is 15.4 Å². The van der Waals surface area contributed by atoms with Gasteiger partial charge in [-0.1, -0.05) is 36.4 Å². The van der Waals surface area contributed by atoms with Gasteiger partial charge in [0, 0.05) is 24.5 Å². The number of halogens is 1. The van der Waals surface area contributed by atoms with Crippen LogP contribution >= 0.6 is 12.4 Å². The molecule has 0 aliphatic carbocycles. The van der Waals surface area contributed by atoms with Gasteiger partial charge in [-0.3, -0.25) is 0 Å². The maximum atomic E-state index is 11.3. The quantitative estimate of drug-likeness (QED) is 0.467. The third-order valence-electron chi connectivity index (χ3n) is 5.16. The van der Waals surface area contributed by atoms with Gasteiger partial charge in [-0.15, -0.1) is 12.4 Å². The summed E-state index contributed by atoms with van der Waals surface area (Å²) in [7, 11) is 0. The number of hydrogen-bond donors (Lipinski definition) is 2. The number of nitrogens with zero attached hydrogens (tertiary/aromatic N) is 1. The number of hydrogen-bond acceptors (Lipinski definition) is 3. The van der Waals surface area contributed by atoms with E-state index in [-0.39, 0.29) is 23.4 Å². The van der Waals surface area contributed by atoms with Crippen molar-refractivity contribution in [2.45, 2.75) is 26.7 Å². The Morgan fingerprint density at radius 1 is 0.839 bits per heavy atom. The summed E-state index contributed by atoms with van der Waals surface area (Å²) in [5.74, 6) is -0.934. The molecule has 0 aromatic heterocycles. The molecule has 0 bridgehead atoms. The van der Waals surface area contributed by atoms with Gasteiger partial charge in [-0.25, -0.2) is 4.79 Å². The van der Waals surface area contributed by atoms with E-state index in [4.69, 9.17) is 0 Å². The van der Waals surface area contributed by atoms with Crippen molar-refractivity contribution in [3.63, 3.8) is 0 Å². The van der Waals surface area contributed by atoms with Gasteiger partial charge in [0.2, 0.25) is 0 Å². The molecule has 0 fully saturated rings. The van der Waals surface area contributed by atoms with E-state index in [9.17, 15) is 9.90 Å². The minimum atomic E-state index is -0.934.